The molecule has 7 heteroatoms. The molecule has 0 N–H and O–H groups in total. The minimum Gasteiger partial charge on any atom is -0.462 e. The van der Waals surface area contributed by atoms with Gasteiger partial charge in [0, 0.05) is 19.4 Å². The first kappa shape index (κ1) is 51.9. The van der Waals surface area contributed by atoms with Crippen LogP contribution in [-0.4, -0.2) is 61.8 Å². The highest BCUT2D eigenvalue weighted by atomic mass is 16.6. The minimum atomic E-state index is -0.810. The quantitative estimate of drug-likeness (QED) is 0.144. The Labute approximate surface area is 345 Å². The normalized spacial score (nSPS) is 23.2. The summed E-state index contributed by atoms with van der Waals surface area (Å²) in [5.74, 6) is -0.456. The lowest BCUT2D eigenvalue weighted by molar-refractivity contribution is -0.168. The number of hydrogen-bond donors (Lipinski definition) is 0. The standard InChI is InChI=1S/C49H89NO6/c1-47(2,40-48(3,4)41-50(7)8)39-46(53)55-43-35-31-27-23-19-15-11-9-13-17-21-25-29-33-37-44(51)54-42-49(5,6)56-45(52)38-34-30-26-22-18-14-10-12-16-20-24-28-32-36-43/h13-14,17-18,43H,9-12,15-16,19-42H2,1-8H3/b17-13-,18-14-. The molecule has 1 aliphatic heterocycles. The highest BCUT2D eigenvalue weighted by Gasteiger charge is 2.32. The van der Waals surface area contributed by atoms with Crippen LogP contribution in [0.2, 0.25) is 0 Å². The van der Waals surface area contributed by atoms with Gasteiger partial charge in [-0.25, -0.2) is 0 Å². The summed E-state index contributed by atoms with van der Waals surface area (Å²) in [5.41, 5.74) is -0.765. The molecule has 0 spiro atoms. The Hall–Kier alpha value is -2.15. The third-order valence-electron chi connectivity index (χ3n) is 10.7. The first-order valence-corrected chi connectivity index (χ1v) is 23.1. The molecule has 0 aromatic heterocycles. The van der Waals surface area contributed by atoms with E-state index in [4.69, 9.17) is 14.2 Å². The Kier molecular flexibility index (Phi) is 28.6. The molecule has 1 rings (SSSR count). The molecule has 1 heterocycles. The summed E-state index contributed by atoms with van der Waals surface area (Å²) >= 11 is 0. The number of hydrogen-bond acceptors (Lipinski definition) is 7. The number of carbonyl (C=O) groups is 3. The Balaban J connectivity index is 2.60. The largest absolute Gasteiger partial charge is 0.462 e. The summed E-state index contributed by atoms with van der Waals surface area (Å²) in [4.78, 5) is 40.2. The summed E-state index contributed by atoms with van der Waals surface area (Å²) < 4.78 is 17.3. The van der Waals surface area contributed by atoms with Crippen molar-refractivity contribution in [2.24, 2.45) is 10.8 Å². The van der Waals surface area contributed by atoms with E-state index in [1.54, 1.807) is 13.8 Å². The fourth-order valence-corrected chi connectivity index (χ4v) is 8.44. The summed E-state index contributed by atoms with van der Waals surface area (Å²) in [6.07, 6.45) is 38.3. The van der Waals surface area contributed by atoms with Crippen molar-refractivity contribution in [2.45, 2.75) is 233 Å². The lowest BCUT2D eigenvalue weighted by Crippen LogP contribution is -2.34. The zero-order chi connectivity index (χ0) is 41.5. The molecule has 0 saturated carbocycles. The maximum Gasteiger partial charge on any atom is 0.306 e. The van der Waals surface area contributed by atoms with E-state index >= 15 is 0 Å². The summed E-state index contributed by atoms with van der Waals surface area (Å²) in [6.45, 7) is 13.8. The predicted octanol–water partition coefficient (Wildman–Crippen LogP) is 13.4. The van der Waals surface area contributed by atoms with E-state index < -0.39 is 5.60 Å². The Morgan fingerprint density at radius 3 is 1.52 bits per heavy atom. The van der Waals surface area contributed by atoms with Crippen molar-refractivity contribution in [3.8, 4) is 0 Å². The van der Waals surface area contributed by atoms with Gasteiger partial charge in [0.2, 0.25) is 0 Å². The number of nitrogens with zero attached hydrogens (tertiary/aromatic N) is 1. The van der Waals surface area contributed by atoms with Gasteiger partial charge in [0.05, 0.1) is 6.42 Å². The Bertz CT molecular complexity index is 1090. The number of allylic oxidation sites excluding steroid dienone is 4. The van der Waals surface area contributed by atoms with Crippen molar-refractivity contribution in [3.05, 3.63) is 24.3 Å². The van der Waals surface area contributed by atoms with Crippen LogP contribution in [0.15, 0.2) is 24.3 Å². The second-order valence-electron chi connectivity index (χ2n) is 19.5. The molecular formula is C49H89NO6. The van der Waals surface area contributed by atoms with Gasteiger partial charge in [0.25, 0.3) is 0 Å². The van der Waals surface area contributed by atoms with Gasteiger partial charge in [0.15, 0.2) is 0 Å². The predicted molar refractivity (Wildman–Crippen MR) is 235 cm³/mol. The van der Waals surface area contributed by atoms with Crippen LogP contribution in [0.4, 0.5) is 0 Å². The van der Waals surface area contributed by atoms with Crippen LogP contribution in [0, 0.1) is 10.8 Å². The molecule has 0 fully saturated rings. The van der Waals surface area contributed by atoms with E-state index in [0.29, 0.717) is 19.3 Å². The second kappa shape index (κ2) is 30.9. The van der Waals surface area contributed by atoms with Crippen molar-refractivity contribution < 1.29 is 28.6 Å². The fourth-order valence-electron chi connectivity index (χ4n) is 8.44. The molecule has 0 saturated heterocycles. The van der Waals surface area contributed by atoms with Crippen LogP contribution in [0.3, 0.4) is 0 Å². The number of esters is 3. The molecule has 1 atom stereocenters. The van der Waals surface area contributed by atoms with Crippen LogP contribution in [0.5, 0.6) is 0 Å². The fraction of sp³-hybridized carbons (Fsp3) is 0.857. The zero-order valence-corrected chi connectivity index (χ0v) is 38.0. The highest BCUT2D eigenvalue weighted by molar-refractivity contribution is 5.71. The van der Waals surface area contributed by atoms with Gasteiger partial charge in [-0.15, -0.1) is 0 Å². The van der Waals surface area contributed by atoms with E-state index in [9.17, 15) is 14.4 Å². The van der Waals surface area contributed by atoms with Crippen LogP contribution in [-0.2, 0) is 28.6 Å². The lowest BCUT2D eigenvalue weighted by atomic mass is 9.73. The third-order valence-corrected chi connectivity index (χ3v) is 10.7. The molecule has 56 heavy (non-hydrogen) atoms. The average Bonchev–Trinajstić information content (AvgIpc) is 3.08. The molecule has 0 aliphatic carbocycles. The maximum atomic E-state index is 13.3. The van der Waals surface area contributed by atoms with Gasteiger partial charge in [-0.2, -0.15) is 0 Å². The van der Waals surface area contributed by atoms with Crippen molar-refractivity contribution in [3.63, 3.8) is 0 Å². The third kappa shape index (κ3) is 31.9. The van der Waals surface area contributed by atoms with Gasteiger partial charge >= 0.3 is 17.9 Å². The zero-order valence-electron chi connectivity index (χ0n) is 38.0. The maximum absolute atomic E-state index is 13.3. The molecule has 326 valence electrons. The summed E-state index contributed by atoms with van der Waals surface area (Å²) in [6, 6.07) is 0. The second-order valence-corrected chi connectivity index (χ2v) is 19.5. The number of cyclic esters (lactones) is 2. The van der Waals surface area contributed by atoms with Crippen molar-refractivity contribution in [1.82, 2.24) is 4.90 Å². The van der Waals surface area contributed by atoms with Crippen molar-refractivity contribution in [1.29, 1.82) is 0 Å². The molecule has 0 aromatic rings. The minimum absolute atomic E-state index is 0.0178. The average molecular weight is 788 g/mol. The van der Waals surface area contributed by atoms with Gasteiger partial charge in [-0.3, -0.25) is 14.4 Å². The molecule has 0 aromatic carbocycles. The topological polar surface area (TPSA) is 82.1 Å². The summed E-state index contributed by atoms with van der Waals surface area (Å²) in [7, 11) is 4.24. The first-order valence-electron chi connectivity index (χ1n) is 23.1. The molecule has 1 aliphatic rings. The van der Waals surface area contributed by atoms with E-state index in [1.165, 1.54) is 64.2 Å². The van der Waals surface area contributed by atoms with E-state index in [2.05, 4.69) is 71.0 Å². The van der Waals surface area contributed by atoms with Crippen LogP contribution in [0.1, 0.15) is 221 Å². The van der Waals surface area contributed by atoms with E-state index in [-0.39, 0.29) is 41.4 Å². The molecule has 0 amide bonds. The van der Waals surface area contributed by atoms with Gasteiger partial charge in [-0.05, 0) is 135 Å². The smallest absolute Gasteiger partial charge is 0.306 e. The Morgan fingerprint density at radius 1 is 0.643 bits per heavy atom. The number of carbonyl (C=O) groups excluding carboxylic acids is 3. The summed E-state index contributed by atoms with van der Waals surface area (Å²) in [5, 5.41) is 0. The number of ether oxygens (including phenoxy) is 3. The molecule has 0 bridgehead atoms. The van der Waals surface area contributed by atoms with Gasteiger partial charge in [0.1, 0.15) is 18.3 Å². The SMILES string of the molecule is CN(C)CC(C)(C)CC(C)(C)CC(=O)OC1CCCCCCCC/C=C\CCCCCC(=O)OCC(C)(C)OC(=O)CCCCC/C=C\CCCCCCCC1. The van der Waals surface area contributed by atoms with Crippen LogP contribution in [0.25, 0.3) is 0 Å². The molecule has 0 radical (unpaired) electrons. The highest BCUT2D eigenvalue weighted by Crippen LogP contribution is 2.37. The van der Waals surface area contributed by atoms with Crippen molar-refractivity contribution >= 4 is 17.9 Å². The molecule has 1 unspecified atom stereocenters. The lowest BCUT2D eigenvalue weighted by Gasteiger charge is -2.36. The van der Waals surface area contributed by atoms with E-state index in [0.717, 1.165) is 103 Å². The van der Waals surface area contributed by atoms with Gasteiger partial charge in [-0.1, -0.05) is 116 Å². The Morgan fingerprint density at radius 2 is 1.05 bits per heavy atom. The van der Waals surface area contributed by atoms with Crippen LogP contribution < -0.4 is 0 Å². The van der Waals surface area contributed by atoms with Crippen molar-refractivity contribution in [2.75, 3.05) is 27.2 Å². The van der Waals surface area contributed by atoms with Gasteiger partial charge < -0.3 is 19.1 Å². The van der Waals surface area contributed by atoms with Crippen LogP contribution >= 0.6 is 0 Å². The molecule has 7 nitrogen and oxygen atoms in total. The molecular weight excluding hydrogens is 699 g/mol. The monoisotopic (exact) mass is 788 g/mol. The van der Waals surface area contributed by atoms with E-state index in [1.807, 2.05) is 0 Å². The first-order chi connectivity index (χ1) is 26.6. The number of rotatable bonds is 7.